The van der Waals surface area contributed by atoms with Gasteiger partial charge < -0.3 is 10.4 Å². The van der Waals surface area contributed by atoms with Crippen molar-refractivity contribution in [1.82, 2.24) is 5.32 Å². The summed E-state index contributed by atoms with van der Waals surface area (Å²) in [6.07, 6.45) is 0.540. The molecule has 0 spiro atoms. The van der Waals surface area contributed by atoms with E-state index in [1.165, 1.54) is 18.2 Å². The monoisotopic (exact) mass is 271 g/mol. The molecule has 2 N–H and O–H groups in total. The van der Waals surface area contributed by atoms with Crippen molar-refractivity contribution in [2.75, 3.05) is 0 Å². The Morgan fingerprint density at radius 2 is 2.11 bits per heavy atom. The van der Waals surface area contributed by atoms with Gasteiger partial charge in [0, 0.05) is 10.6 Å². The van der Waals surface area contributed by atoms with Gasteiger partial charge in [0.25, 0.3) is 0 Å². The van der Waals surface area contributed by atoms with Gasteiger partial charge in [-0.2, -0.15) is 0 Å². The Bertz CT molecular complexity index is 494. The Kier molecular flexibility index (Phi) is 3.26. The lowest BCUT2D eigenvalue weighted by Crippen LogP contribution is -2.43. The lowest BCUT2D eigenvalue weighted by atomic mass is 10.1. The lowest BCUT2D eigenvalue weighted by molar-refractivity contribution is -0.143. The zero-order chi connectivity index (χ0) is 13.3. The quantitative estimate of drug-likeness (QED) is 0.877. The van der Waals surface area contributed by atoms with E-state index in [4.69, 9.17) is 16.7 Å². The summed E-state index contributed by atoms with van der Waals surface area (Å²) in [5.74, 6) is -2.17. The Balaban J connectivity index is 2.06. The van der Waals surface area contributed by atoms with E-state index >= 15 is 0 Å². The molecule has 1 aliphatic carbocycles. The molecule has 1 aromatic carbocycles. The third-order valence-corrected chi connectivity index (χ3v) is 3.29. The highest BCUT2D eigenvalue weighted by Gasteiger charge is 2.51. The first-order valence-corrected chi connectivity index (χ1v) is 5.80. The molecule has 0 heterocycles. The fraction of sp³-hybridized carbons (Fsp3) is 0.333. The molecule has 4 nitrogen and oxygen atoms in total. The maximum atomic E-state index is 13.4. The summed E-state index contributed by atoms with van der Waals surface area (Å²) in [6, 6.07) is 4.13. The third-order valence-electron chi connectivity index (χ3n) is 2.94. The van der Waals surface area contributed by atoms with Crippen LogP contribution in [0.1, 0.15) is 18.4 Å². The fourth-order valence-corrected chi connectivity index (χ4v) is 1.92. The van der Waals surface area contributed by atoms with Crippen molar-refractivity contribution in [3.63, 3.8) is 0 Å². The number of hydrogen-bond acceptors (Lipinski definition) is 2. The summed E-state index contributed by atoms with van der Waals surface area (Å²) in [7, 11) is 0. The summed E-state index contributed by atoms with van der Waals surface area (Å²) >= 11 is 5.79. The van der Waals surface area contributed by atoms with Gasteiger partial charge in [-0.05, 0) is 25.0 Å². The molecule has 0 atom stereocenters. The molecule has 0 aromatic heterocycles. The van der Waals surface area contributed by atoms with Gasteiger partial charge in [0.05, 0.1) is 6.42 Å². The predicted octanol–water partition coefficient (Wildman–Crippen LogP) is 1.75. The molecule has 1 aromatic rings. The van der Waals surface area contributed by atoms with Crippen molar-refractivity contribution in [2.45, 2.75) is 24.8 Å². The summed E-state index contributed by atoms with van der Waals surface area (Å²) < 4.78 is 13.4. The molecule has 0 saturated heterocycles. The van der Waals surface area contributed by atoms with Crippen LogP contribution in [0.3, 0.4) is 0 Å². The molecule has 0 bridgehead atoms. The molecule has 0 radical (unpaired) electrons. The number of rotatable bonds is 4. The summed E-state index contributed by atoms with van der Waals surface area (Å²) in [5.41, 5.74) is -1.08. The van der Waals surface area contributed by atoms with Crippen molar-refractivity contribution in [2.24, 2.45) is 0 Å². The van der Waals surface area contributed by atoms with Crippen LogP contribution in [0.4, 0.5) is 4.39 Å². The zero-order valence-corrected chi connectivity index (χ0v) is 10.1. The van der Waals surface area contributed by atoms with Crippen LogP contribution >= 0.6 is 11.6 Å². The van der Waals surface area contributed by atoms with E-state index < -0.39 is 23.2 Å². The number of aliphatic carboxylic acids is 1. The van der Waals surface area contributed by atoms with Gasteiger partial charge in [0.15, 0.2) is 0 Å². The molecule has 0 unspecified atom stereocenters. The van der Waals surface area contributed by atoms with Gasteiger partial charge >= 0.3 is 5.97 Å². The predicted molar refractivity (Wildman–Crippen MR) is 62.9 cm³/mol. The number of carbonyl (C=O) groups is 2. The van der Waals surface area contributed by atoms with Crippen molar-refractivity contribution in [3.05, 3.63) is 34.6 Å². The van der Waals surface area contributed by atoms with E-state index in [0.717, 1.165) is 0 Å². The van der Waals surface area contributed by atoms with Gasteiger partial charge in [-0.15, -0.1) is 0 Å². The highest BCUT2D eigenvalue weighted by Crippen LogP contribution is 2.35. The standard InChI is InChI=1S/C12H11ClFNO3/c13-8-2-1-3-9(14)7(8)6-10(16)15-12(4-5-12)11(17)18/h1-3H,4-6H2,(H,15,16)(H,17,18). The molecule has 18 heavy (non-hydrogen) atoms. The Labute approximate surface area is 108 Å². The van der Waals surface area contributed by atoms with Crippen LogP contribution in [0.25, 0.3) is 0 Å². The van der Waals surface area contributed by atoms with Gasteiger partial charge in [0.1, 0.15) is 11.4 Å². The van der Waals surface area contributed by atoms with Crippen LogP contribution < -0.4 is 5.32 Å². The van der Waals surface area contributed by atoms with Crippen LogP contribution in [0.2, 0.25) is 5.02 Å². The highest BCUT2D eigenvalue weighted by atomic mass is 35.5. The summed E-state index contributed by atoms with van der Waals surface area (Å²) in [4.78, 5) is 22.6. The van der Waals surface area contributed by atoms with Gasteiger partial charge in [-0.25, -0.2) is 9.18 Å². The van der Waals surface area contributed by atoms with E-state index in [-0.39, 0.29) is 17.0 Å². The van der Waals surface area contributed by atoms with Crippen LogP contribution in [-0.4, -0.2) is 22.5 Å². The molecule has 1 saturated carbocycles. The number of benzene rings is 1. The molecule has 1 amide bonds. The molecular formula is C12H11ClFNO3. The van der Waals surface area contributed by atoms with Crippen molar-refractivity contribution in [1.29, 1.82) is 0 Å². The molecule has 6 heteroatoms. The SMILES string of the molecule is O=C(Cc1c(F)cccc1Cl)NC1(C(=O)O)CC1. The lowest BCUT2D eigenvalue weighted by Gasteiger charge is -2.13. The zero-order valence-electron chi connectivity index (χ0n) is 9.37. The molecule has 1 fully saturated rings. The van der Waals surface area contributed by atoms with Crippen LogP contribution in [0.5, 0.6) is 0 Å². The van der Waals surface area contributed by atoms with Gasteiger partial charge in [0.2, 0.25) is 5.91 Å². The molecule has 0 aliphatic heterocycles. The molecular weight excluding hydrogens is 261 g/mol. The number of nitrogens with one attached hydrogen (secondary N) is 1. The first kappa shape index (κ1) is 12.8. The molecule has 96 valence electrons. The smallest absolute Gasteiger partial charge is 0.329 e. The second-order valence-corrected chi connectivity index (χ2v) is 4.72. The second kappa shape index (κ2) is 4.57. The topological polar surface area (TPSA) is 66.4 Å². The molecule has 1 aliphatic rings. The van der Waals surface area contributed by atoms with Crippen molar-refractivity contribution >= 4 is 23.5 Å². The maximum absolute atomic E-state index is 13.4. The van der Waals surface area contributed by atoms with E-state index in [1.807, 2.05) is 0 Å². The average molecular weight is 272 g/mol. The Hall–Kier alpha value is -1.62. The average Bonchev–Trinajstić information content (AvgIpc) is 3.05. The Morgan fingerprint density at radius 3 is 2.61 bits per heavy atom. The van der Waals surface area contributed by atoms with Crippen LogP contribution in [-0.2, 0) is 16.0 Å². The number of carboxylic acids is 1. The van der Waals surface area contributed by atoms with Crippen molar-refractivity contribution in [3.8, 4) is 0 Å². The van der Waals surface area contributed by atoms with Gasteiger partial charge in [-0.1, -0.05) is 17.7 Å². The minimum absolute atomic E-state index is 0.0813. The van der Waals surface area contributed by atoms with E-state index in [1.54, 1.807) is 0 Å². The largest absolute Gasteiger partial charge is 0.480 e. The van der Waals surface area contributed by atoms with Crippen LogP contribution in [0.15, 0.2) is 18.2 Å². The highest BCUT2D eigenvalue weighted by molar-refractivity contribution is 6.31. The number of amides is 1. The number of halogens is 2. The number of carbonyl (C=O) groups excluding carboxylic acids is 1. The fourth-order valence-electron chi connectivity index (χ4n) is 1.69. The number of hydrogen-bond donors (Lipinski definition) is 2. The third kappa shape index (κ3) is 2.46. The molecule has 2 rings (SSSR count). The summed E-state index contributed by atoms with van der Waals surface area (Å²) in [6.45, 7) is 0. The minimum atomic E-state index is -1.16. The van der Waals surface area contributed by atoms with E-state index in [2.05, 4.69) is 5.32 Å². The summed E-state index contributed by atoms with van der Waals surface area (Å²) in [5, 5.41) is 11.5. The van der Waals surface area contributed by atoms with Crippen molar-refractivity contribution < 1.29 is 19.1 Å². The van der Waals surface area contributed by atoms with E-state index in [9.17, 15) is 14.0 Å². The maximum Gasteiger partial charge on any atom is 0.329 e. The Morgan fingerprint density at radius 1 is 1.44 bits per heavy atom. The normalized spacial score (nSPS) is 16.1. The van der Waals surface area contributed by atoms with Gasteiger partial charge in [-0.3, -0.25) is 4.79 Å². The van der Waals surface area contributed by atoms with E-state index in [0.29, 0.717) is 12.8 Å². The van der Waals surface area contributed by atoms with Crippen LogP contribution in [0, 0.1) is 5.82 Å². The first-order valence-electron chi connectivity index (χ1n) is 5.42. The second-order valence-electron chi connectivity index (χ2n) is 4.31. The minimum Gasteiger partial charge on any atom is -0.480 e. The number of carboxylic acid groups (broad SMARTS) is 1. The first-order chi connectivity index (χ1) is 8.44.